The van der Waals surface area contributed by atoms with Crippen LogP contribution in [-0.4, -0.2) is 8.96 Å². The van der Waals surface area contributed by atoms with Crippen LogP contribution in [-0.2, 0) is 11.0 Å². The Morgan fingerprint density at radius 1 is 1.47 bits per heavy atom. The molecule has 1 aromatic rings. The van der Waals surface area contributed by atoms with Crippen molar-refractivity contribution in [1.82, 2.24) is 0 Å². The van der Waals surface area contributed by atoms with E-state index in [1.54, 1.807) is 0 Å². The molecule has 1 unspecified atom stereocenters. The maximum Gasteiger partial charge on any atom is 0.0945 e. The second kappa shape index (κ2) is 5.44. The maximum absolute atomic E-state index is 11.7. The van der Waals surface area contributed by atoms with Gasteiger partial charge in [-0.15, -0.1) is 0 Å². The Morgan fingerprint density at radius 2 is 2.11 bits per heavy atom. The van der Waals surface area contributed by atoms with Gasteiger partial charge < -0.3 is 0 Å². The number of rotatable bonds is 5. The zero-order valence-corrected chi connectivity index (χ0v) is 12.2. The van der Waals surface area contributed by atoms with E-state index in [1.807, 2.05) is 32.0 Å². The molecule has 2 N–H and O–H groups in total. The van der Waals surface area contributed by atoms with Crippen LogP contribution in [0.3, 0.4) is 0 Å². The molecule has 1 saturated carbocycles. The molecule has 3 nitrogen and oxygen atoms in total. The molecule has 0 bridgehead atoms. The fraction of sp³-hybridized carbons (Fsp3) is 0.533. The van der Waals surface area contributed by atoms with Crippen molar-refractivity contribution in [2.24, 2.45) is 17.0 Å². The highest BCUT2D eigenvalue weighted by atomic mass is 32.2. The molecule has 4 atom stereocenters. The zero-order chi connectivity index (χ0) is 14.0. The van der Waals surface area contributed by atoms with Gasteiger partial charge in [-0.25, -0.2) is 4.21 Å². The van der Waals surface area contributed by atoms with E-state index in [4.69, 9.17) is 10.4 Å². The van der Waals surface area contributed by atoms with Crippen LogP contribution >= 0.6 is 0 Å². The smallest absolute Gasteiger partial charge is 0.0945 e. The minimum absolute atomic E-state index is 0.146. The van der Waals surface area contributed by atoms with Gasteiger partial charge in [-0.1, -0.05) is 30.3 Å². The summed E-state index contributed by atoms with van der Waals surface area (Å²) in [6, 6.07) is 12.5. The molecule has 0 radical (unpaired) electrons. The first kappa shape index (κ1) is 14.2. The predicted octanol–water partition coefficient (Wildman–Crippen LogP) is 2.72. The predicted molar refractivity (Wildman–Crippen MR) is 77.4 cm³/mol. The average Bonchev–Trinajstić information content (AvgIpc) is 3.16. The van der Waals surface area contributed by atoms with Crippen LogP contribution in [0.25, 0.3) is 0 Å². The maximum atomic E-state index is 11.7. The van der Waals surface area contributed by atoms with Crippen LogP contribution in [0.5, 0.6) is 0 Å². The van der Waals surface area contributed by atoms with Crippen molar-refractivity contribution in [3.63, 3.8) is 0 Å². The molecule has 1 fully saturated rings. The Labute approximate surface area is 117 Å². The molecule has 0 saturated heterocycles. The third-order valence-electron chi connectivity index (χ3n) is 4.01. The quantitative estimate of drug-likeness (QED) is 0.898. The van der Waals surface area contributed by atoms with Gasteiger partial charge in [0.2, 0.25) is 0 Å². The van der Waals surface area contributed by atoms with Crippen LogP contribution in [0.4, 0.5) is 0 Å². The molecule has 1 aliphatic carbocycles. The minimum atomic E-state index is -1.36. The Morgan fingerprint density at radius 3 is 2.58 bits per heavy atom. The Kier molecular flexibility index (Phi) is 4.07. The van der Waals surface area contributed by atoms with Gasteiger partial charge in [0.1, 0.15) is 0 Å². The molecule has 0 aromatic heterocycles. The van der Waals surface area contributed by atoms with Crippen LogP contribution in [0.15, 0.2) is 30.3 Å². The summed E-state index contributed by atoms with van der Waals surface area (Å²) in [4.78, 5) is 0. The lowest BCUT2D eigenvalue weighted by Gasteiger charge is -2.28. The van der Waals surface area contributed by atoms with Gasteiger partial charge in [0.15, 0.2) is 0 Å². The van der Waals surface area contributed by atoms with Gasteiger partial charge in [0.05, 0.1) is 27.7 Å². The van der Waals surface area contributed by atoms with Crippen molar-refractivity contribution in [1.29, 1.82) is 5.26 Å². The Balaban J connectivity index is 2.22. The lowest BCUT2D eigenvalue weighted by molar-refractivity contribution is 0.471. The highest BCUT2D eigenvalue weighted by Crippen LogP contribution is 2.51. The molecule has 19 heavy (non-hydrogen) atoms. The highest BCUT2D eigenvalue weighted by Gasteiger charge is 2.46. The first-order valence-electron chi connectivity index (χ1n) is 6.56. The largest absolute Gasteiger partial charge is 0.251 e. The van der Waals surface area contributed by atoms with Gasteiger partial charge in [-0.3, -0.25) is 5.14 Å². The van der Waals surface area contributed by atoms with Crippen LogP contribution < -0.4 is 5.14 Å². The van der Waals surface area contributed by atoms with Crippen molar-refractivity contribution in [3.8, 4) is 6.07 Å². The second-order valence-electron chi connectivity index (χ2n) is 5.91. The lowest BCUT2D eigenvalue weighted by Crippen LogP contribution is -2.34. The normalized spacial score (nSPS) is 25.4. The third kappa shape index (κ3) is 3.23. The van der Waals surface area contributed by atoms with Crippen LogP contribution in [0.2, 0.25) is 0 Å². The molecule has 0 spiro atoms. The summed E-state index contributed by atoms with van der Waals surface area (Å²) in [6.45, 7) is 3.87. The van der Waals surface area contributed by atoms with E-state index in [-0.39, 0.29) is 11.8 Å². The van der Waals surface area contributed by atoms with Crippen molar-refractivity contribution in [2.75, 3.05) is 0 Å². The summed E-state index contributed by atoms with van der Waals surface area (Å²) < 4.78 is 11.2. The van der Waals surface area contributed by atoms with Gasteiger partial charge in [0.25, 0.3) is 0 Å². The number of nitrogens with two attached hydrogens (primary N) is 1. The number of hydrogen-bond acceptors (Lipinski definition) is 2. The Hall–Kier alpha value is -1.18. The monoisotopic (exact) mass is 276 g/mol. The average molecular weight is 276 g/mol. The molecule has 0 amide bonds. The fourth-order valence-corrected chi connectivity index (χ4v) is 2.98. The van der Waals surface area contributed by atoms with Gasteiger partial charge in [-0.05, 0) is 44.1 Å². The van der Waals surface area contributed by atoms with E-state index in [0.717, 1.165) is 12.8 Å². The molecule has 4 heteroatoms. The molecule has 1 aliphatic rings. The van der Waals surface area contributed by atoms with E-state index < -0.39 is 15.7 Å². The molecule has 1 aromatic carbocycles. The number of nitrogens with zero attached hydrogens (tertiary/aromatic N) is 1. The standard InChI is InChI=1S/C15H20N2OS/c1-15(2,19(17)18)9-14(13-8-12(13)10-16)11-6-4-3-5-7-11/h3-7,12-14H,8-9,17H2,1-2H3/t12-,13-,14-,19?/m0/s1. The van der Waals surface area contributed by atoms with Crippen LogP contribution in [0, 0.1) is 23.2 Å². The van der Waals surface area contributed by atoms with Gasteiger partial charge in [0, 0.05) is 0 Å². The van der Waals surface area contributed by atoms with E-state index in [0.29, 0.717) is 5.92 Å². The molecule has 0 aliphatic heterocycles. The van der Waals surface area contributed by atoms with E-state index in [2.05, 4.69) is 18.2 Å². The van der Waals surface area contributed by atoms with Crippen LogP contribution in [0.1, 0.15) is 38.2 Å². The molecular formula is C15H20N2OS. The topological polar surface area (TPSA) is 66.9 Å². The Bertz CT molecular complexity index is 507. The van der Waals surface area contributed by atoms with E-state index in [1.165, 1.54) is 5.56 Å². The minimum Gasteiger partial charge on any atom is -0.251 e. The van der Waals surface area contributed by atoms with Crippen molar-refractivity contribution >= 4 is 11.0 Å². The first-order chi connectivity index (χ1) is 8.95. The first-order valence-corrected chi connectivity index (χ1v) is 7.78. The summed E-state index contributed by atoms with van der Waals surface area (Å²) in [5.74, 6) is 0.802. The number of hydrogen-bond donors (Lipinski definition) is 1. The molecule has 2 rings (SSSR count). The molecular weight excluding hydrogens is 256 g/mol. The molecule has 102 valence electrons. The number of nitriles is 1. The summed E-state index contributed by atoms with van der Waals surface area (Å²) in [5.41, 5.74) is 1.23. The molecule has 0 heterocycles. The van der Waals surface area contributed by atoms with E-state index in [9.17, 15) is 4.21 Å². The van der Waals surface area contributed by atoms with Crippen molar-refractivity contribution < 1.29 is 4.21 Å². The SMILES string of the molecule is CC(C)(C[C@@H](c1ccccc1)[C@H]1C[C@H]1C#N)S(N)=O. The van der Waals surface area contributed by atoms with E-state index >= 15 is 0 Å². The third-order valence-corrected chi connectivity index (χ3v) is 5.26. The highest BCUT2D eigenvalue weighted by molar-refractivity contribution is 7.84. The lowest BCUT2D eigenvalue weighted by atomic mass is 9.85. The zero-order valence-electron chi connectivity index (χ0n) is 11.4. The van der Waals surface area contributed by atoms with Crippen molar-refractivity contribution in [3.05, 3.63) is 35.9 Å². The summed E-state index contributed by atoms with van der Waals surface area (Å²) in [5, 5.41) is 14.6. The fourth-order valence-electron chi connectivity index (χ4n) is 2.64. The second-order valence-corrected chi connectivity index (χ2v) is 7.61. The van der Waals surface area contributed by atoms with Crippen molar-refractivity contribution in [2.45, 2.75) is 37.4 Å². The summed E-state index contributed by atoms with van der Waals surface area (Å²) >= 11 is 0. The summed E-state index contributed by atoms with van der Waals surface area (Å²) in [6.07, 6.45) is 1.70. The van der Waals surface area contributed by atoms with Gasteiger partial charge >= 0.3 is 0 Å². The summed E-state index contributed by atoms with van der Waals surface area (Å²) in [7, 11) is -1.36. The number of benzene rings is 1. The van der Waals surface area contributed by atoms with Gasteiger partial charge in [-0.2, -0.15) is 5.26 Å².